The van der Waals surface area contributed by atoms with Gasteiger partial charge in [-0.05, 0) is 50.6 Å². The second-order valence-corrected chi connectivity index (χ2v) is 9.23. The molecule has 154 valence electrons. The van der Waals surface area contributed by atoms with Crippen molar-refractivity contribution in [1.82, 2.24) is 10.2 Å². The van der Waals surface area contributed by atoms with Gasteiger partial charge in [-0.3, -0.25) is 9.69 Å². The van der Waals surface area contributed by atoms with Crippen LogP contribution in [-0.2, 0) is 20.2 Å². The lowest BCUT2D eigenvalue weighted by Gasteiger charge is -2.22. The van der Waals surface area contributed by atoms with Gasteiger partial charge in [-0.25, -0.2) is 22.0 Å². The Kier molecular flexibility index (Phi) is 5.44. The minimum atomic E-state index is -3.58. The largest absolute Gasteiger partial charge is 0.325 e. The van der Waals surface area contributed by atoms with Crippen molar-refractivity contribution in [3.63, 3.8) is 0 Å². The molecule has 3 amide bonds. The van der Waals surface area contributed by atoms with Crippen LogP contribution in [0, 0.1) is 18.6 Å². The van der Waals surface area contributed by atoms with Crippen molar-refractivity contribution >= 4 is 21.8 Å². The molecule has 0 radical (unpaired) electrons. The summed E-state index contributed by atoms with van der Waals surface area (Å²) in [6, 6.07) is 8.24. The monoisotopic (exact) mass is 422 g/mol. The Morgan fingerprint density at radius 1 is 1.07 bits per heavy atom. The highest BCUT2D eigenvalue weighted by atomic mass is 32.2. The van der Waals surface area contributed by atoms with Gasteiger partial charge >= 0.3 is 6.03 Å². The van der Waals surface area contributed by atoms with Crippen LogP contribution in [0.4, 0.5) is 13.6 Å². The zero-order chi connectivity index (χ0) is 21.4. The number of rotatable bonds is 6. The number of imide groups is 1. The standard InChI is InChI=1S/C20H20F2N2O4S/c1-13-4-7-15(8-5-13)29(27,28)11-3-10-24-18(25)20(2,23-19(24)26)16-12-14(21)6-9-17(16)22/h4-9,12H,3,10-11H2,1-2H3,(H,23,26). The number of sulfone groups is 1. The Hall–Kier alpha value is -2.81. The van der Waals surface area contributed by atoms with Crippen LogP contribution in [0.5, 0.6) is 0 Å². The van der Waals surface area contributed by atoms with E-state index in [9.17, 15) is 26.8 Å². The summed E-state index contributed by atoms with van der Waals surface area (Å²) < 4.78 is 52.5. The van der Waals surface area contributed by atoms with E-state index in [1.165, 1.54) is 19.1 Å². The van der Waals surface area contributed by atoms with Gasteiger partial charge in [-0.1, -0.05) is 17.7 Å². The smallest absolute Gasteiger partial charge is 0.319 e. The van der Waals surface area contributed by atoms with Gasteiger partial charge in [0.05, 0.1) is 10.6 Å². The summed E-state index contributed by atoms with van der Waals surface area (Å²) in [5, 5.41) is 2.38. The van der Waals surface area contributed by atoms with Crippen LogP contribution in [0.25, 0.3) is 0 Å². The summed E-state index contributed by atoms with van der Waals surface area (Å²) in [7, 11) is -3.58. The molecule has 0 saturated carbocycles. The predicted octanol–water partition coefficient (Wildman–Crippen LogP) is 2.90. The van der Waals surface area contributed by atoms with E-state index in [4.69, 9.17) is 0 Å². The van der Waals surface area contributed by atoms with Crippen LogP contribution < -0.4 is 5.32 Å². The molecule has 0 spiro atoms. The number of nitrogens with zero attached hydrogens (tertiary/aromatic N) is 1. The lowest BCUT2D eigenvalue weighted by molar-refractivity contribution is -0.131. The number of nitrogens with one attached hydrogen (secondary N) is 1. The second kappa shape index (κ2) is 7.55. The molecule has 0 bridgehead atoms. The molecule has 1 N–H and O–H groups in total. The first-order chi connectivity index (χ1) is 13.5. The van der Waals surface area contributed by atoms with Crippen LogP contribution in [0.1, 0.15) is 24.5 Å². The van der Waals surface area contributed by atoms with Crippen molar-refractivity contribution in [2.75, 3.05) is 12.3 Å². The summed E-state index contributed by atoms with van der Waals surface area (Å²) in [5.41, 5.74) is -1.13. The first-order valence-corrected chi connectivity index (χ1v) is 10.6. The summed E-state index contributed by atoms with van der Waals surface area (Å²) in [6.07, 6.45) is 0.0110. The van der Waals surface area contributed by atoms with Crippen molar-refractivity contribution in [2.24, 2.45) is 0 Å². The lowest BCUT2D eigenvalue weighted by Crippen LogP contribution is -2.42. The van der Waals surface area contributed by atoms with E-state index in [1.807, 2.05) is 6.92 Å². The van der Waals surface area contributed by atoms with E-state index >= 15 is 0 Å². The summed E-state index contributed by atoms with van der Waals surface area (Å²) >= 11 is 0. The molecule has 0 aromatic heterocycles. The maximum Gasteiger partial charge on any atom is 0.325 e. The Morgan fingerprint density at radius 3 is 2.38 bits per heavy atom. The number of hydrogen-bond acceptors (Lipinski definition) is 4. The topological polar surface area (TPSA) is 83.6 Å². The minimum Gasteiger partial charge on any atom is -0.319 e. The highest BCUT2D eigenvalue weighted by molar-refractivity contribution is 7.91. The number of urea groups is 1. The van der Waals surface area contributed by atoms with Crippen molar-refractivity contribution < 1.29 is 26.8 Å². The van der Waals surface area contributed by atoms with Crippen molar-refractivity contribution in [1.29, 1.82) is 0 Å². The molecular weight excluding hydrogens is 402 g/mol. The Morgan fingerprint density at radius 2 is 1.72 bits per heavy atom. The van der Waals surface area contributed by atoms with E-state index in [-0.39, 0.29) is 29.2 Å². The molecule has 3 rings (SSSR count). The predicted molar refractivity (Wildman–Crippen MR) is 102 cm³/mol. The molecule has 0 aliphatic carbocycles. The summed E-state index contributed by atoms with van der Waals surface area (Å²) in [4.78, 5) is 26.0. The molecule has 1 saturated heterocycles. The maximum absolute atomic E-state index is 14.2. The Labute approximate surface area is 167 Å². The third kappa shape index (κ3) is 4.00. The molecule has 1 aliphatic heterocycles. The molecule has 29 heavy (non-hydrogen) atoms. The average Bonchev–Trinajstić information content (AvgIpc) is 2.87. The fourth-order valence-electron chi connectivity index (χ4n) is 3.24. The van der Waals surface area contributed by atoms with Crippen LogP contribution in [0.2, 0.25) is 0 Å². The van der Waals surface area contributed by atoms with Gasteiger partial charge < -0.3 is 5.32 Å². The van der Waals surface area contributed by atoms with E-state index < -0.39 is 38.9 Å². The molecule has 1 atom stereocenters. The normalized spacial score (nSPS) is 19.5. The van der Waals surface area contributed by atoms with E-state index in [2.05, 4.69) is 5.32 Å². The van der Waals surface area contributed by atoms with Crippen LogP contribution >= 0.6 is 0 Å². The molecule has 1 aliphatic rings. The van der Waals surface area contributed by atoms with Crippen molar-refractivity contribution in [3.05, 3.63) is 65.2 Å². The number of amides is 3. The molecule has 1 heterocycles. The number of aryl methyl sites for hydroxylation is 1. The first-order valence-electron chi connectivity index (χ1n) is 8.94. The third-order valence-corrected chi connectivity index (χ3v) is 6.73. The van der Waals surface area contributed by atoms with Gasteiger partial charge in [0.15, 0.2) is 9.84 Å². The number of hydrogen-bond donors (Lipinski definition) is 1. The molecule has 6 nitrogen and oxygen atoms in total. The summed E-state index contributed by atoms with van der Waals surface area (Å²) in [5.74, 6) is -2.60. The second-order valence-electron chi connectivity index (χ2n) is 7.12. The SMILES string of the molecule is Cc1ccc(S(=O)(=O)CCCN2C(=O)NC(C)(c3cc(F)ccc3F)C2=O)cc1. The van der Waals surface area contributed by atoms with E-state index in [0.29, 0.717) is 0 Å². The number of carbonyl (C=O) groups excluding carboxylic acids is 2. The van der Waals surface area contributed by atoms with Gasteiger partial charge in [0.2, 0.25) is 0 Å². The number of benzene rings is 2. The summed E-state index contributed by atoms with van der Waals surface area (Å²) in [6.45, 7) is 2.96. The van der Waals surface area contributed by atoms with Gasteiger partial charge in [-0.2, -0.15) is 0 Å². The lowest BCUT2D eigenvalue weighted by atomic mass is 9.91. The van der Waals surface area contributed by atoms with Crippen molar-refractivity contribution in [2.45, 2.75) is 30.7 Å². The molecular formula is C20H20F2N2O4S. The van der Waals surface area contributed by atoms with Gasteiger partial charge in [0.25, 0.3) is 5.91 Å². The fraction of sp³-hybridized carbons (Fsp3) is 0.300. The van der Waals surface area contributed by atoms with Gasteiger partial charge in [0, 0.05) is 12.1 Å². The molecule has 1 fully saturated rings. The zero-order valence-corrected chi connectivity index (χ0v) is 16.7. The Bertz CT molecular complexity index is 1070. The third-order valence-electron chi connectivity index (χ3n) is 4.92. The van der Waals surface area contributed by atoms with E-state index in [1.54, 1.807) is 12.1 Å². The zero-order valence-electron chi connectivity index (χ0n) is 15.9. The van der Waals surface area contributed by atoms with Crippen LogP contribution in [-0.4, -0.2) is 37.6 Å². The van der Waals surface area contributed by atoms with Crippen molar-refractivity contribution in [3.8, 4) is 0 Å². The Balaban J connectivity index is 1.72. The highest BCUT2D eigenvalue weighted by Gasteiger charge is 2.50. The first kappa shape index (κ1) is 20.9. The molecule has 9 heteroatoms. The minimum absolute atomic E-state index is 0.0110. The molecule has 2 aromatic rings. The van der Waals surface area contributed by atoms with Crippen LogP contribution in [0.15, 0.2) is 47.4 Å². The molecule has 1 unspecified atom stereocenters. The van der Waals surface area contributed by atoms with Gasteiger partial charge in [-0.15, -0.1) is 0 Å². The number of halogens is 2. The fourth-order valence-corrected chi connectivity index (χ4v) is 4.53. The maximum atomic E-state index is 14.2. The molecule has 2 aromatic carbocycles. The average molecular weight is 422 g/mol. The quantitative estimate of drug-likeness (QED) is 0.726. The van der Waals surface area contributed by atoms with Crippen LogP contribution in [0.3, 0.4) is 0 Å². The highest BCUT2D eigenvalue weighted by Crippen LogP contribution is 2.31. The van der Waals surface area contributed by atoms with Gasteiger partial charge in [0.1, 0.15) is 17.2 Å². The van der Waals surface area contributed by atoms with E-state index in [0.717, 1.165) is 28.7 Å². The number of carbonyl (C=O) groups is 2.